The topological polar surface area (TPSA) is 41.6 Å². The first kappa shape index (κ1) is 18.3. The normalized spacial score (nSPS) is 28.5. The largest absolute Gasteiger partial charge is 0.458 e. The van der Waals surface area contributed by atoms with E-state index in [0.29, 0.717) is 5.92 Å². The number of nitrogens with zero attached hydrogens (tertiary/aromatic N) is 1. The number of carbonyl (C=O) groups excluding carboxylic acids is 1. The zero-order valence-electron chi connectivity index (χ0n) is 14.7. The first-order chi connectivity index (χ1) is 12.6. The number of para-hydroxylation sites is 1. The van der Waals surface area contributed by atoms with Gasteiger partial charge in [0.1, 0.15) is 6.10 Å². The standard InChI is InChI=1S/C20H23IN2O2S/c1-13-7-8-16(26-13)17(22-15-5-3-2-4-6-15)20(24)25-18-14-9-11-23(12-10-14)19(18)21/h2-8,14,17-19,22H,9-12H2,1H3. The van der Waals surface area contributed by atoms with Crippen LogP contribution in [0, 0.1) is 12.8 Å². The highest BCUT2D eigenvalue weighted by Gasteiger charge is 2.44. The average molecular weight is 482 g/mol. The summed E-state index contributed by atoms with van der Waals surface area (Å²) in [6.07, 6.45) is 2.25. The molecule has 6 heteroatoms. The maximum atomic E-state index is 13.1. The Balaban J connectivity index is 1.54. The molecule has 1 aromatic heterocycles. The lowest BCUT2D eigenvalue weighted by Gasteiger charge is -2.48. The summed E-state index contributed by atoms with van der Waals surface area (Å²) in [7, 11) is 0. The monoisotopic (exact) mass is 482 g/mol. The number of hydrogen-bond donors (Lipinski definition) is 1. The number of fused-ring (bicyclic) bond motifs is 3. The second-order valence-corrected chi connectivity index (χ2v) is 9.64. The van der Waals surface area contributed by atoms with E-state index in [9.17, 15) is 4.79 Å². The molecule has 2 aromatic rings. The molecule has 1 aromatic carbocycles. The molecule has 0 saturated carbocycles. The Bertz CT molecular complexity index is 756. The van der Waals surface area contributed by atoms with Gasteiger partial charge in [-0.15, -0.1) is 11.3 Å². The SMILES string of the molecule is Cc1ccc(C(Nc2ccccc2)C(=O)OC2C3CCN(CC3)C2I)s1. The fourth-order valence-corrected chi connectivity index (χ4v) is 6.05. The van der Waals surface area contributed by atoms with Crippen molar-refractivity contribution in [2.24, 2.45) is 5.92 Å². The van der Waals surface area contributed by atoms with Gasteiger partial charge in [-0.2, -0.15) is 0 Å². The molecular weight excluding hydrogens is 459 g/mol. The zero-order valence-corrected chi connectivity index (χ0v) is 17.7. The van der Waals surface area contributed by atoms with Crippen molar-refractivity contribution in [3.05, 3.63) is 52.2 Å². The molecular formula is C20H23IN2O2S. The molecule has 2 bridgehead atoms. The zero-order chi connectivity index (χ0) is 18.1. The van der Waals surface area contributed by atoms with Crippen molar-refractivity contribution in [3.8, 4) is 0 Å². The molecule has 3 fully saturated rings. The summed E-state index contributed by atoms with van der Waals surface area (Å²) >= 11 is 4.09. The average Bonchev–Trinajstić information content (AvgIpc) is 3.10. The van der Waals surface area contributed by atoms with Gasteiger partial charge < -0.3 is 10.1 Å². The van der Waals surface area contributed by atoms with Crippen molar-refractivity contribution in [1.29, 1.82) is 0 Å². The Hall–Kier alpha value is -1.12. The summed E-state index contributed by atoms with van der Waals surface area (Å²) in [5.41, 5.74) is 0.931. The summed E-state index contributed by atoms with van der Waals surface area (Å²) in [4.78, 5) is 17.8. The Kier molecular flexibility index (Phi) is 5.52. The summed E-state index contributed by atoms with van der Waals surface area (Å²) in [6, 6.07) is 13.5. The maximum Gasteiger partial charge on any atom is 0.334 e. The highest BCUT2D eigenvalue weighted by atomic mass is 127. The van der Waals surface area contributed by atoms with E-state index in [1.807, 2.05) is 36.4 Å². The Labute approximate surface area is 172 Å². The van der Waals surface area contributed by atoms with Crippen LogP contribution in [0.3, 0.4) is 0 Å². The molecule has 3 unspecified atom stereocenters. The van der Waals surface area contributed by atoms with Crippen LogP contribution in [0.5, 0.6) is 0 Å². The van der Waals surface area contributed by atoms with Crippen LogP contribution < -0.4 is 5.32 Å². The molecule has 0 spiro atoms. The van der Waals surface area contributed by atoms with Crippen molar-refractivity contribution < 1.29 is 9.53 Å². The van der Waals surface area contributed by atoms with Crippen molar-refractivity contribution in [2.75, 3.05) is 18.4 Å². The van der Waals surface area contributed by atoms with Crippen molar-refractivity contribution in [3.63, 3.8) is 0 Å². The molecule has 3 atom stereocenters. The number of benzene rings is 1. The molecule has 138 valence electrons. The van der Waals surface area contributed by atoms with Crippen molar-refractivity contribution in [2.45, 2.75) is 36.0 Å². The molecule has 4 nitrogen and oxygen atoms in total. The van der Waals surface area contributed by atoms with Crippen molar-refractivity contribution in [1.82, 2.24) is 4.90 Å². The number of halogens is 1. The van der Waals surface area contributed by atoms with Gasteiger partial charge in [-0.3, -0.25) is 4.90 Å². The van der Waals surface area contributed by atoms with Crippen molar-refractivity contribution >= 4 is 45.6 Å². The highest BCUT2D eigenvalue weighted by Crippen LogP contribution is 2.38. The van der Waals surface area contributed by atoms with Crippen LogP contribution in [-0.2, 0) is 9.53 Å². The number of anilines is 1. The number of esters is 1. The second-order valence-electron chi connectivity index (χ2n) is 7.04. The number of nitrogens with one attached hydrogen (secondary N) is 1. The van der Waals surface area contributed by atoms with Gasteiger partial charge in [0, 0.05) is 21.4 Å². The van der Waals surface area contributed by atoms with Gasteiger partial charge in [-0.25, -0.2) is 4.79 Å². The first-order valence-corrected chi connectivity index (χ1v) is 11.1. The van der Waals surface area contributed by atoms with Gasteiger partial charge in [0.2, 0.25) is 0 Å². The predicted octanol–water partition coefficient (Wildman–Crippen LogP) is 4.61. The number of piperidine rings is 3. The van der Waals surface area contributed by atoms with Gasteiger partial charge in [0.25, 0.3) is 0 Å². The number of thiophene rings is 1. The molecule has 3 aliphatic heterocycles. The van der Waals surface area contributed by atoms with Crippen LogP contribution >= 0.6 is 33.9 Å². The minimum absolute atomic E-state index is 0.00766. The third-order valence-electron chi connectivity index (χ3n) is 5.28. The lowest BCUT2D eigenvalue weighted by molar-refractivity contribution is -0.160. The number of rotatable bonds is 5. The van der Waals surface area contributed by atoms with Crippen LogP contribution in [0.25, 0.3) is 0 Å². The smallest absolute Gasteiger partial charge is 0.334 e. The minimum Gasteiger partial charge on any atom is -0.458 e. The Morgan fingerprint density at radius 1 is 1.23 bits per heavy atom. The summed E-state index contributed by atoms with van der Waals surface area (Å²) in [6.45, 7) is 4.32. The summed E-state index contributed by atoms with van der Waals surface area (Å²) < 4.78 is 6.38. The Morgan fingerprint density at radius 3 is 2.58 bits per heavy atom. The van der Waals surface area contributed by atoms with E-state index in [0.717, 1.165) is 36.5 Å². The third kappa shape index (κ3) is 3.77. The van der Waals surface area contributed by atoms with Gasteiger partial charge >= 0.3 is 5.97 Å². The predicted molar refractivity (Wildman–Crippen MR) is 114 cm³/mol. The van der Waals surface area contributed by atoms with E-state index in [1.165, 1.54) is 4.88 Å². The lowest BCUT2D eigenvalue weighted by Crippen LogP contribution is -2.56. The number of ether oxygens (including phenoxy) is 1. The first-order valence-electron chi connectivity index (χ1n) is 9.08. The van der Waals surface area contributed by atoms with E-state index >= 15 is 0 Å². The van der Waals surface area contributed by atoms with Gasteiger partial charge in [-0.1, -0.05) is 40.8 Å². The van der Waals surface area contributed by atoms with Crippen LogP contribution in [0.15, 0.2) is 42.5 Å². The molecule has 1 N–H and O–H groups in total. The fraction of sp³-hybridized carbons (Fsp3) is 0.450. The van der Waals surface area contributed by atoms with Gasteiger partial charge in [0.15, 0.2) is 6.04 Å². The molecule has 5 rings (SSSR count). The fourth-order valence-electron chi connectivity index (χ4n) is 3.84. The summed E-state index contributed by atoms with van der Waals surface area (Å²) in [5, 5.41) is 3.38. The number of carbonyl (C=O) groups is 1. The Morgan fingerprint density at radius 2 is 1.96 bits per heavy atom. The number of aryl methyl sites for hydroxylation is 1. The van der Waals surface area contributed by atoms with Crippen LogP contribution in [0.2, 0.25) is 0 Å². The highest BCUT2D eigenvalue weighted by molar-refractivity contribution is 14.1. The number of hydrogen-bond acceptors (Lipinski definition) is 5. The quantitative estimate of drug-likeness (QED) is 0.293. The maximum absolute atomic E-state index is 13.1. The van der Waals surface area contributed by atoms with Crippen LogP contribution in [-0.4, -0.2) is 34.1 Å². The van der Waals surface area contributed by atoms with E-state index in [-0.39, 0.29) is 16.1 Å². The summed E-state index contributed by atoms with van der Waals surface area (Å²) in [5.74, 6) is 0.324. The molecule has 0 radical (unpaired) electrons. The molecule has 0 amide bonds. The second kappa shape index (κ2) is 7.86. The van der Waals surface area contributed by atoms with E-state index in [1.54, 1.807) is 11.3 Å². The van der Waals surface area contributed by atoms with Gasteiger partial charge in [-0.05, 0) is 57.1 Å². The molecule has 26 heavy (non-hydrogen) atoms. The van der Waals surface area contributed by atoms with Gasteiger partial charge in [0.05, 0.1) is 4.05 Å². The molecule has 0 aliphatic carbocycles. The van der Waals surface area contributed by atoms with Crippen LogP contribution in [0.4, 0.5) is 5.69 Å². The van der Waals surface area contributed by atoms with E-state index < -0.39 is 6.04 Å². The molecule has 3 saturated heterocycles. The molecule has 4 heterocycles. The minimum atomic E-state index is -0.463. The third-order valence-corrected chi connectivity index (χ3v) is 7.84. The lowest BCUT2D eigenvalue weighted by atomic mass is 9.86. The van der Waals surface area contributed by atoms with E-state index in [2.05, 4.69) is 45.8 Å². The van der Waals surface area contributed by atoms with Crippen LogP contribution in [0.1, 0.15) is 28.6 Å². The molecule has 3 aliphatic rings. The number of alkyl halides is 1. The van der Waals surface area contributed by atoms with E-state index in [4.69, 9.17) is 4.74 Å².